The highest BCUT2D eigenvalue weighted by Crippen LogP contribution is 2.14. The SMILES string of the molecule is Cc1cc(NS(=O)(=O)c2cnc(C)[nH]2)n(C)n1. The molecule has 2 aromatic rings. The molecule has 2 N–H and O–H groups in total. The van der Waals surface area contributed by atoms with Gasteiger partial charge in [-0.05, 0) is 13.8 Å². The minimum absolute atomic E-state index is 0.0360. The van der Waals surface area contributed by atoms with Crippen molar-refractivity contribution in [2.24, 2.45) is 7.05 Å². The van der Waals surface area contributed by atoms with Crippen LogP contribution in [0, 0.1) is 13.8 Å². The van der Waals surface area contributed by atoms with Gasteiger partial charge in [0.25, 0.3) is 10.0 Å². The van der Waals surface area contributed by atoms with Crippen LogP contribution < -0.4 is 4.72 Å². The van der Waals surface area contributed by atoms with Crippen LogP contribution in [0.3, 0.4) is 0 Å². The quantitative estimate of drug-likeness (QED) is 0.838. The van der Waals surface area contributed by atoms with E-state index in [9.17, 15) is 8.42 Å². The Morgan fingerprint density at radius 2 is 2.12 bits per heavy atom. The zero-order valence-corrected chi connectivity index (χ0v) is 10.5. The molecule has 0 unspecified atom stereocenters. The Labute approximate surface area is 98.9 Å². The Bertz CT molecular complexity index is 640. The second kappa shape index (κ2) is 3.88. The van der Waals surface area contributed by atoms with Crippen LogP contribution >= 0.6 is 0 Å². The second-order valence-corrected chi connectivity index (χ2v) is 5.38. The Kier molecular flexibility index (Phi) is 2.66. The van der Waals surface area contributed by atoms with E-state index in [2.05, 4.69) is 19.8 Å². The molecule has 2 aromatic heterocycles. The van der Waals surface area contributed by atoms with Crippen LogP contribution in [0.1, 0.15) is 11.5 Å². The molecule has 0 aliphatic heterocycles. The lowest BCUT2D eigenvalue weighted by molar-refractivity contribution is 0.597. The molecule has 0 bridgehead atoms. The lowest BCUT2D eigenvalue weighted by atomic mass is 10.5. The average molecular weight is 255 g/mol. The van der Waals surface area contributed by atoms with Gasteiger partial charge in [-0.15, -0.1) is 0 Å². The number of nitrogens with zero attached hydrogens (tertiary/aromatic N) is 3. The highest BCUT2D eigenvalue weighted by Gasteiger charge is 2.18. The summed E-state index contributed by atoms with van der Waals surface area (Å²) in [6.07, 6.45) is 1.28. The number of sulfonamides is 1. The number of hydrogen-bond donors (Lipinski definition) is 2. The van der Waals surface area contributed by atoms with E-state index >= 15 is 0 Å². The van der Waals surface area contributed by atoms with E-state index in [4.69, 9.17) is 0 Å². The average Bonchev–Trinajstić information content (AvgIpc) is 2.74. The van der Waals surface area contributed by atoms with Crippen molar-refractivity contribution in [1.82, 2.24) is 19.7 Å². The molecule has 0 aliphatic rings. The van der Waals surface area contributed by atoms with Gasteiger partial charge in [0.15, 0.2) is 5.03 Å². The first-order chi connectivity index (χ1) is 7.88. The van der Waals surface area contributed by atoms with Gasteiger partial charge in [0.1, 0.15) is 11.6 Å². The van der Waals surface area contributed by atoms with Crippen LogP contribution in [-0.2, 0) is 17.1 Å². The van der Waals surface area contributed by atoms with Crippen molar-refractivity contribution in [2.45, 2.75) is 18.9 Å². The third-order valence-electron chi connectivity index (χ3n) is 2.21. The van der Waals surface area contributed by atoms with Crippen LogP contribution in [0.25, 0.3) is 0 Å². The number of H-pyrrole nitrogens is 1. The van der Waals surface area contributed by atoms with E-state index < -0.39 is 10.0 Å². The summed E-state index contributed by atoms with van der Waals surface area (Å²) in [4.78, 5) is 6.53. The third kappa shape index (κ3) is 2.31. The van der Waals surface area contributed by atoms with Gasteiger partial charge < -0.3 is 4.98 Å². The second-order valence-electron chi connectivity index (χ2n) is 3.73. The highest BCUT2D eigenvalue weighted by molar-refractivity contribution is 7.92. The van der Waals surface area contributed by atoms with E-state index in [0.717, 1.165) is 5.69 Å². The molecule has 0 amide bonds. The minimum atomic E-state index is -3.63. The molecule has 0 aliphatic carbocycles. The Morgan fingerprint density at radius 1 is 1.41 bits per heavy atom. The van der Waals surface area contributed by atoms with E-state index in [1.165, 1.54) is 10.9 Å². The van der Waals surface area contributed by atoms with E-state index in [1.54, 1.807) is 27.0 Å². The highest BCUT2D eigenvalue weighted by atomic mass is 32.2. The minimum Gasteiger partial charge on any atom is -0.332 e. The largest absolute Gasteiger partial charge is 0.332 e. The summed E-state index contributed by atoms with van der Waals surface area (Å²) in [5.41, 5.74) is 0.742. The molecule has 0 aromatic carbocycles. The van der Waals surface area contributed by atoms with Gasteiger partial charge in [0, 0.05) is 13.1 Å². The molecule has 2 rings (SSSR count). The fourth-order valence-electron chi connectivity index (χ4n) is 1.43. The number of nitrogens with one attached hydrogen (secondary N) is 2. The lowest BCUT2D eigenvalue weighted by Gasteiger charge is -2.05. The molecular formula is C9H13N5O2S. The first kappa shape index (κ1) is 11.6. The van der Waals surface area contributed by atoms with E-state index in [-0.39, 0.29) is 5.03 Å². The van der Waals surface area contributed by atoms with Crippen LogP contribution in [-0.4, -0.2) is 28.2 Å². The predicted molar refractivity (Wildman–Crippen MR) is 62.1 cm³/mol. The Hall–Kier alpha value is -1.83. The summed E-state index contributed by atoms with van der Waals surface area (Å²) in [5, 5.41) is 4.09. The molecule has 2 heterocycles. The molecule has 17 heavy (non-hydrogen) atoms. The normalized spacial score (nSPS) is 11.7. The number of aromatic amines is 1. The number of imidazole rings is 1. The molecule has 92 valence electrons. The van der Waals surface area contributed by atoms with Crippen molar-refractivity contribution in [3.8, 4) is 0 Å². The lowest BCUT2D eigenvalue weighted by Crippen LogP contribution is -2.15. The van der Waals surface area contributed by atoms with Crippen molar-refractivity contribution in [2.75, 3.05) is 4.72 Å². The van der Waals surface area contributed by atoms with Gasteiger partial charge in [-0.2, -0.15) is 13.5 Å². The van der Waals surface area contributed by atoms with Gasteiger partial charge in [0.05, 0.1) is 11.9 Å². The number of hydrogen-bond acceptors (Lipinski definition) is 4. The smallest absolute Gasteiger partial charge is 0.280 e. The fraction of sp³-hybridized carbons (Fsp3) is 0.333. The maximum Gasteiger partial charge on any atom is 0.280 e. The molecular weight excluding hydrogens is 242 g/mol. The maximum atomic E-state index is 12.0. The van der Waals surface area contributed by atoms with Gasteiger partial charge in [-0.25, -0.2) is 4.98 Å². The Morgan fingerprint density at radius 3 is 2.59 bits per heavy atom. The molecule has 0 fully saturated rings. The Balaban J connectivity index is 2.32. The van der Waals surface area contributed by atoms with Crippen molar-refractivity contribution >= 4 is 15.8 Å². The monoisotopic (exact) mass is 255 g/mol. The summed E-state index contributed by atoms with van der Waals surface area (Å²) in [6, 6.07) is 1.65. The maximum absolute atomic E-state index is 12.0. The summed E-state index contributed by atoms with van der Waals surface area (Å²) in [7, 11) is -1.96. The van der Waals surface area contributed by atoms with Crippen LogP contribution in [0.4, 0.5) is 5.82 Å². The van der Waals surface area contributed by atoms with Crippen LogP contribution in [0.5, 0.6) is 0 Å². The van der Waals surface area contributed by atoms with Gasteiger partial charge in [0.2, 0.25) is 0 Å². The van der Waals surface area contributed by atoms with Gasteiger partial charge in [-0.1, -0.05) is 0 Å². The summed E-state index contributed by atoms with van der Waals surface area (Å²) in [5.74, 6) is 0.960. The van der Waals surface area contributed by atoms with Crippen LogP contribution in [0.15, 0.2) is 17.3 Å². The standard InChI is InChI=1S/C9H13N5O2S/c1-6-4-8(14(3)12-6)13-17(15,16)9-5-10-7(2)11-9/h4-5,13H,1-3H3,(H,10,11). The van der Waals surface area contributed by atoms with Crippen molar-refractivity contribution in [3.05, 3.63) is 23.8 Å². The molecule has 0 saturated heterocycles. The number of rotatable bonds is 3. The third-order valence-corrected chi connectivity index (χ3v) is 3.47. The van der Waals surface area contributed by atoms with Crippen molar-refractivity contribution in [1.29, 1.82) is 0 Å². The van der Waals surface area contributed by atoms with Gasteiger partial charge >= 0.3 is 0 Å². The molecule has 7 nitrogen and oxygen atoms in total. The van der Waals surface area contributed by atoms with E-state index in [1.807, 2.05) is 0 Å². The molecule has 8 heteroatoms. The number of anilines is 1. The van der Waals surface area contributed by atoms with Gasteiger partial charge in [-0.3, -0.25) is 9.40 Å². The van der Waals surface area contributed by atoms with Crippen molar-refractivity contribution in [3.63, 3.8) is 0 Å². The van der Waals surface area contributed by atoms with E-state index in [0.29, 0.717) is 11.6 Å². The summed E-state index contributed by atoms with van der Waals surface area (Å²) < 4.78 is 27.8. The first-order valence-electron chi connectivity index (χ1n) is 4.93. The zero-order chi connectivity index (χ0) is 12.6. The number of aromatic nitrogens is 4. The molecule has 0 spiro atoms. The zero-order valence-electron chi connectivity index (χ0n) is 9.72. The van der Waals surface area contributed by atoms with Crippen molar-refractivity contribution < 1.29 is 8.42 Å². The fourth-order valence-corrected chi connectivity index (χ4v) is 2.48. The predicted octanol–water partition coefficient (Wildman–Crippen LogP) is 0.561. The first-order valence-corrected chi connectivity index (χ1v) is 6.42. The molecule has 0 saturated carbocycles. The van der Waals surface area contributed by atoms with Crippen LogP contribution in [0.2, 0.25) is 0 Å². The molecule has 0 atom stereocenters. The number of aryl methyl sites for hydroxylation is 3. The topological polar surface area (TPSA) is 92.7 Å². The molecule has 0 radical (unpaired) electrons. The summed E-state index contributed by atoms with van der Waals surface area (Å²) in [6.45, 7) is 3.48. The summed E-state index contributed by atoms with van der Waals surface area (Å²) >= 11 is 0.